The summed E-state index contributed by atoms with van der Waals surface area (Å²) >= 11 is 0. The molecule has 1 aromatic carbocycles. The first kappa shape index (κ1) is 22.1. The van der Waals surface area contributed by atoms with Crippen LogP contribution in [0.5, 0.6) is 0 Å². The number of amides is 1. The van der Waals surface area contributed by atoms with Crippen molar-refractivity contribution in [3.63, 3.8) is 0 Å². The van der Waals surface area contributed by atoms with Gasteiger partial charge in [0.05, 0.1) is 47.5 Å². The number of hydrogen-bond acceptors (Lipinski definition) is 6. The maximum Gasteiger partial charge on any atom is 0.327 e. The van der Waals surface area contributed by atoms with Crippen LogP contribution in [-0.2, 0) is 16.1 Å². The van der Waals surface area contributed by atoms with Gasteiger partial charge in [-0.2, -0.15) is 10.2 Å². The number of rotatable bonds is 8. The van der Waals surface area contributed by atoms with E-state index in [1.165, 1.54) is 23.0 Å². The van der Waals surface area contributed by atoms with Gasteiger partial charge in [-0.05, 0) is 43.7 Å². The number of nitrogens with zero attached hydrogens (tertiary/aromatic N) is 5. The van der Waals surface area contributed by atoms with E-state index in [9.17, 15) is 14.0 Å². The van der Waals surface area contributed by atoms with Gasteiger partial charge in [0.2, 0.25) is 0 Å². The first-order chi connectivity index (χ1) is 16.0. The molecule has 10 heteroatoms. The Morgan fingerprint density at radius 3 is 2.64 bits per heavy atom. The zero-order chi connectivity index (χ0) is 23.4. The smallest absolute Gasteiger partial charge is 0.327 e. The van der Waals surface area contributed by atoms with Crippen LogP contribution in [0.15, 0.2) is 55.1 Å². The Bertz CT molecular complexity index is 1280. The van der Waals surface area contributed by atoms with Gasteiger partial charge in [-0.25, -0.2) is 9.07 Å². The van der Waals surface area contributed by atoms with Crippen LogP contribution in [0.3, 0.4) is 0 Å². The van der Waals surface area contributed by atoms with Crippen molar-refractivity contribution < 1.29 is 18.7 Å². The van der Waals surface area contributed by atoms with Crippen LogP contribution in [0.4, 0.5) is 4.39 Å². The molecule has 0 spiro atoms. The summed E-state index contributed by atoms with van der Waals surface area (Å²) < 4.78 is 21.3. The number of esters is 1. The van der Waals surface area contributed by atoms with Crippen molar-refractivity contribution in [2.75, 3.05) is 6.61 Å². The van der Waals surface area contributed by atoms with Crippen LogP contribution in [-0.4, -0.2) is 43.0 Å². The molecule has 0 saturated heterocycles. The number of halogens is 1. The highest BCUT2D eigenvalue weighted by atomic mass is 19.1. The number of ether oxygens (including phenoxy) is 1. The number of carbonyl (C=O) groups excluding carboxylic acids is 2. The molecule has 0 saturated carbocycles. The van der Waals surface area contributed by atoms with Gasteiger partial charge in [0.25, 0.3) is 5.91 Å². The molecule has 0 radical (unpaired) electrons. The highest BCUT2D eigenvalue weighted by molar-refractivity contribution is 6.06. The van der Waals surface area contributed by atoms with E-state index in [1.54, 1.807) is 48.4 Å². The van der Waals surface area contributed by atoms with Crippen molar-refractivity contribution >= 4 is 22.8 Å². The SMILES string of the molecule is CCOC(=O)Cn1ccc([C@H](CC)NC(=O)c2cncc3c2cnn3-c2ccc(F)cc2)n1. The van der Waals surface area contributed by atoms with Gasteiger partial charge in [0, 0.05) is 17.8 Å². The highest BCUT2D eigenvalue weighted by Crippen LogP contribution is 2.22. The quantitative estimate of drug-likeness (QED) is 0.414. The fourth-order valence-electron chi connectivity index (χ4n) is 3.52. The van der Waals surface area contributed by atoms with Crippen molar-refractivity contribution in [2.24, 2.45) is 0 Å². The molecule has 0 bridgehead atoms. The Morgan fingerprint density at radius 2 is 1.91 bits per heavy atom. The Morgan fingerprint density at radius 1 is 1.12 bits per heavy atom. The van der Waals surface area contributed by atoms with Gasteiger partial charge in [-0.3, -0.25) is 19.3 Å². The standard InChI is InChI=1S/C23H23FN6O3/c1-3-19(20-9-10-29(28-20)14-22(31)33-4-2)27-23(32)18-11-25-13-21-17(18)12-26-30(21)16-7-5-15(24)6-8-16/h5-13,19H,3-4,14H2,1-2H3,(H,27,32)/t19-/m0/s1. The van der Waals surface area contributed by atoms with Crippen LogP contribution < -0.4 is 5.32 Å². The number of carbonyl (C=O) groups is 2. The van der Waals surface area contributed by atoms with E-state index >= 15 is 0 Å². The fourth-order valence-corrected chi connectivity index (χ4v) is 3.52. The van der Waals surface area contributed by atoms with Gasteiger partial charge < -0.3 is 10.1 Å². The van der Waals surface area contributed by atoms with E-state index in [-0.39, 0.29) is 30.3 Å². The summed E-state index contributed by atoms with van der Waals surface area (Å²) in [5.74, 6) is -1.04. The first-order valence-corrected chi connectivity index (χ1v) is 10.6. The molecule has 0 aliphatic heterocycles. The maximum atomic E-state index is 13.3. The summed E-state index contributed by atoms with van der Waals surface area (Å²) in [4.78, 5) is 29.0. The molecule has 0 fully saturated rings. The number of fused-ring (bicyclic) bond motifs is 1. The predicted octanol–water partition coefficient (Wildman–Crippen LogP) is 3.20. The topological polar surface area (TPSA) is 104 Å². The number of aromatic nitrogens is 5. The number of hydrogen-bond donors (Lipinski definition) is 1. The molecular weight excluding hydrogens is 427 g/mol. The Kier molecular flexibility index (Phi) is 6.43. The lowest BCUT2D eigenvalue weighted by atomic mass is 10.1. The molecule has 0 aliphatic carbocycles. The maximum absolute atomic E-state index is 13.3. The van der Waals surface area contributed by atoms with E-state index in [0.29, 0.717) is 40.9 Å². The lowest BCUT2D eigenvalue weighted by Crippen LogP contribution is -2.29. The molecule has 1 N–H and O–H groups in total. The van der Waals surface area contributed by atoms with E-state index in [4.69, 9.17) is 4.74 Å². The van der Waals surface area contributed by atoms with Gasteiger partial charge in [0.15, 0.2) is 0 Å². The Labute approximate surface area is 189 Å². The lowest BCUT2D eigenvalue weighted by molar-refractivity contribution is -0.144. The molecule has 9 nitrogen and oxygen atoms in total. The molecule has 3 aromatic heterocycles. The zero-order valence-corrected chi connectivity index (χ0v) is 18.2. The molecule has 4 aromatic rings. The monoisotopic (exact) mass is 450 g/mol. The van der Waals surface area contributed by atoms with Crippen molar-refractivity contribution in [3.05, 3.63) is 72.2 Å². The highest BCUT2D eigenvalue weighted by Gasteiger charge is 2.20. The summed E-state index contributed by atoms with van der Waals surface area (Å²) in [6.07, 6.45) is 6.96. The molecular formula is C23H23FN6O3. The van der Waals surface area contributed by atoms with Crippen LogP contribution in [0.25, 0.3) is 16.6 Å². The van der Waals surface area contributed by atoms with Crippen LogP contribution in [0, 0.1) is 5.82 Å². The second-order valence-electron chi connectivity index (χ2n) is 7.33. The van der Waals surface area contributed by atoms with E-state index in [0.717, 1.165) is 0 Å². The molecule has 1 atom stereocenters. The largest absolute Gasteiger partial charge is 0.465 e. The van der Waals surface area contributed by atoms with Gasteiger partial charge in [0.1, 0.15) is 12.4 Å². The minimum atomic E-state index is -0.375. The second kappa shape index (κ2) is 9.60. The number of benzene rings is 1. The average Bonchev–Trinajstić information content (AvgIpc) is 3.45. The van der Waals surface area contributed by atoms with E-state index in [1.807, 2.05) is 6.92 Å². The molecule has 1 amide bonds. The van der Waals surface area contributed by atoms with Crippen molar-refractivity contribution in [3.8, 4) is 5.69 Å². The molecule has 170 valence electrons. The lowest BCUT2D eigenvalue weighted by Gasteiger charge is -2.15. The van der Waals surface area contributed by atoms with Gasteiger partial charge >= 0.3 is 5.97 Å². The van der Waals surface area contributed by atoms with Crippen molar-refractivity contribution in [1.29, 1.82) is 0 Å². The first-order valence-electron chi connectivity index (χ1n) is 10.6. The third-order valence-corrected chi connectivity index (χ3v) is 5.14. The molecule has 33 heavy (non-hydrogen) atoms. The predicted molar refractivity (Wildman–Crippen MR) is 118 cm³/mol. The Hall–Kier alpha value is -4.08. The second-order valence-corrected chi connectivity index (χ2v) is 7.33. The third-order valence-electron chi connectivity index (χ3n) is 5.14. The molecule has 0 aliphatic rings. The summed E-state index contributed by atoms with van der Waals surface area (Å²) in [6.45, 7) is 3.98. The minimum absolute atomic E-state index is 0.00399. The van der Waals surface area contributed by atoms with Crippen molar-refractivity contribution in [2.45, 2.75) is 32.9 Å². The number of nitrogens with one attached hydrogen (secondary N) is 1. The minimum Gasteiger partial charge on any atom is -0.465 e. The summed E-state index contributed by atoms with van der Waals surface area (Å²) in [5, 5.41) is 12.4. The summed E-state index contributed by atoms with van der Waals surface area (Å²) in [6, 6.07) is 7.31. The number of pyridine rings is 1. The summed E-state index contributed by atoms with van der Waals surface area (Å²) in [5.41, 5.74) is 2.29. The third kappa shape index (κ3) is 4.74. The normalized spacial score (nSPS) is 12.0. The van der Waals surface area contributed by atoms with Crippen LogP contribution in [0.1, 0.15) is 42.4 Å². The van der Waals surface area contributed by atoms with Gasteiger partial charge in [-0.15, -0.1) is 0 Å². The molecule has 3 heterocycles. The van der Waals surface area contributed by atoms with Crippen LogP contribution >= 0.6 is 0 Å². The summed E-state index contributed by atoms with van der Waals surface area (Å²) in [7, 11) is 0. The molecule has 4 rings (SSSR count). The van der Waals surface area contributed by atoms with Crippen LogP contribution in [0.2, 0.25) is 0 Å². The van der Waals surface area contributed by atoms with E-state index < -0.39 is 0 Å². The average molecular weight is 450 g/mol. The zero-order valence-electron chi connectivity index (χ0n) is 18.2. The van der Waals surface area contributed by atoms with E-state index in [2.05, 4.69) is 20.5 Å². The Balaban J connectivity index is 1.55. The van der Waals surface area contributed by atoms with Gasteiger partial charge in [-0.1, -0.05) is 6.92 Å². The van der Waals surface area contributed by atoms with Crippen molar-refractivity contribution in [1.82, 2.24) is 29.9 Å². The fraction of sp³-hybridized carbons (Fsp3) is 0.261. The molecule has 0 unspecified atom stereocenters.